The summed E-state index contributed by atoms with van der Waals surface area (Å²) in [5.41, 5.74) is 0.194. The number of rotatable bonds is 8. The molecule has 0 bridgehead atoms. The summed E-state index contributed by atoms with van der Waals surface area (Å²) in [5, 5.41) is 36.6. The zero-order valence-electron chi connectivity index (χ0n) is 18.8. The molecule has 0 spiro atoms. The first-order valence-electron chi connectivity index (χ1n) is 10.3. The number of amides is 2. The predicted octanol–water partition coefficient (Wildman–Crippen LogP) is -0.286. The number of carboxylic acids is 1. The number of benzene rings is 1. The molecule has 0 radical (unpaired) electrons. The van der Waals surface area contributed by atoms with Gasteiger partial charge >= 0.3 is 11.9 Å². The van der Waals surface area contributed by atoms with Crippen molar-refractivity contribution in [1.29, 1.82) is 0 Å². The standard InChI is InChI=1S/C20H19N7O7S2/c1-9(28)34-23-13(10-4-3-5-12(29)6-10)16(30)21-14-17(31)27-15(19(32)33)11(7-35-18(14)27)8-36-20-22-24-25-26(20)2/h3-6,14,18,29H,7-8H2,1-2H3,(H,21,30)(H,32,33)/b23-13-/t14?,18-/m1/s1. The highest BCUT2D eigenvalue weighted by Gasteiger charge is 2.54. The van der Waals surface area contributed by atoms with Gasteiger partial charge < -0.3 is 20.4 Å². The summed E-state index contributed by atoms with van der Waals surface area (Å²) in [5.74, 6) is -3.06. The Bertz CT molecular complexity index is 1310. The van der Waals surface area contributed by atoms with Crippen LogP contribution >= 0.6 is 23.5 Å². The van der Waals surface area contributed by atoms with Gasteiger partial charge in [0.05, 0.1) is 0 Å². The Labute approximate surface area is 211 Å². The number of tetrazole rings is 1. The second-order valence-electron chi connectivity index (χ2n) is 7.57. The summed E-state index contributed by atoms with van der Waals surface area (Å²) < 4.78 is 1.45. The molecule has 1 aromatic carbocycles. The minimum absolute atomic E-state index is 0.140. The van der Waals surface area contributed by atoms with Crippen LogP contribution in [0.2, 0.25) is 0 Å². The highest BCUT2D eigenvalue weighted by molar-refractivity contribution is 8.01. The van der Waals surface area contributed by atoms with E-state index in [2.05, 4.69) is 30.8 Å². The highest BCUT2D eigenvalue weighted by Crippen LogP contribution is 2.41. The van der Waals surface area contributed by atoms with E-state index in [0.717, 1.165) is 11.8 Å². The second kappa shape index (κ2) is 10.4. The smallest absolute Gasteiger partial charge is 0.352 e. The molecule has 3 N–H and O–H groups in total. The highest BCUT2D eigenvalue weighted by atomic mass is 32.2. The fourth-order valence-electron chi connectivity index (χ4n) is 3.49. The summed E-state index contributed by atoms with van der Waals surface area (Å²) in [6.45, 7) is 1.10. The SMILES string of the molecule is CC(=O)O/N=C(\C(=O)NC1C(=O)N2C(C(=O)O)=C(CSc3nnnn3C)CS[C@H]12)c1cccc(O)c1. The van der Waals surface area contributed by atoms with E-state index in [1.165, 1.54) is 52.5 Å². The molecule has 1 saturated heterocycles. The Morgan fingerprint density at radius 1 is 1.36 bits per heavy atom. The van der Waals surface area contributed by atoms with Gasteiger partial charge in [0.1, 0.15) is 22.9 Å². The van der Waals surface area contributed by atoms with E-state index in [-0.39, 0.29) is 28.5 Å². The van der Waals surface area contributed by atoms with Crippen molar-refractivity contribution in [2.75, 3.05) is 11.5 Å². The average Bonchev–Trinajstić information content (AvgIpc) is 3.24. The van der Waals surface area contributed by atoms with Crippen molar-refractivity contribution in [3.63, 3.8) is 0 Å². The number of β-lactam (4-membered cyclic amide) rings is 1. The number of fused-ring (bicyclic) bond motifs is 1. The maximum absolute atomic E-state index is 13.0. The van der Waals surface area contributed by atoms with Crippen LogP contribution in [0.5, 0.6) is 5.75 Å². The molecule has 2 amide bonds. The van der Waals surface area contributed by atoms with Gasteiger partial charge in [0.15, 0.2) is 5.71 Å². The van der Waals surface area contributed by atoms with Crippen LogP contribution < -0.4 is 5.32 Å². The molecule has 36 heavy (non-hydrogen) atoms. The lowest BCUT2D eigenvalue weighted by molar-refractivity contribution is -0.150. The predicted molar refractivity (Wildman–Crippen MR) is 126 cm³/mol. The molecule has 1 fully saturated rings. The first-order chi connectivity index (χ1) is 17.2. The number of oxime groups is 1. The van der Waals surface area contributed by atoms with E-state index in [1.807, 2.05) is 0 Å². The topological polar surface area (TPSA) is 189 Å². The van der Waals surface area contributed by atoms with Crippen molar-refractivity contribution in [1.82, 2.24) is 30.4 Å². The number of aromatic nitrogens is 4. The van der Waals surface area contributed by atoms with E-state index in [4.69, 9.17) is 0 Å². The third kappa shape index (κ3) is 5.03. The van der Waals surface area contributed by atoms with Crippen molar-refractivity contribution >= 4 is 53.0 Å². The van der Waals surface area contributed by atoms with E-state index in [1.54, 1.807) is 7.05 Å². The van der Waals surface area contributed by atoms with Gasteiger partial charge in [-0.15, -0.1) is 16.9 Å². The monoisotopic (exact) mass is 533 g/mol. The number of aliphatic carboxylic acids is 1. The Hall–Kier alpha value is -3.92. The first kappa shape index (κ1) is 25.2. The van der Waals surface area contributed by atoms with E-state index in [9.17, 15) is 29.4 Å². The van der Waals surface area contributed by atoms with Crippen LogP contribution in [0.1, 0.15) is 12.5 Å². The van der Waals surface area contributed by atoms with Crippen LogP contribution in [0.15, 0.2) is 45.8 Å². The van der Waals surface area contributed by atoms with E-state index < -0.39 is 35.2 Å². The normalized spacial score (nSPS) is 19.4. The number of carbonyl (C=O) groups is 4. The average molecular weight is 534 g/mol. The molecule has 2 aliphatic rings. The van der Waals surface area contributed by atoms with Gasteiger partial charge in [-0.05, 0) is 28.1 Å². The van der Waals surface area contributed by atoms with Gasteiger partial charge in [0.2, 0.25) is 5.16 Å². The quantitative estimate of drug-likeness (QED) is 0.132. The minimum Gasteiger partial charge on any atom is -0.508 e. The molecule has 0 saturated carbocycles. The first-order valence-corrected chi connectivity index (χ1v) is 12.3. The van der Waals surface area contributed by atoms with Gasteiger partial charge in [0.25, 0.3) is 11.8 Å². The van der Waals surface area contributed by atoms with Crippen molar-refractivity contribution < 1.29 is 34.2 Å². The number of phenolic OH excluding ortho intramolecular Hbond substituents is 1. The number of carboxylic acid groups (broad SMARTS) is 1. The summed E-state index contributed by atoms with van der Waals surface area (Å²) in [6, 6.07) is 4.53. The summed E-state index contributed by atoms with van der Waals surface area (Å²) in [4.78, 5) is 55.0. The van der Waals surface area contributed by atoms with Crippen LogP contribution in [0.4, 0.5) is 0 Å². The zero-order valence-corrected chi connectivity index (χ0v) is 20.4. The maximum atomic E-state index is 13.0. The van der Waals surface area contributed by atoms with Crippen LogP contribution in [0.25, 0.3) is 0 Å². The van der Waals surface area contributed by atoms with Crippen molar-refractivity contribution in [3.05, 3.63) is 41.1 Å². The molecule has 2 atom stereocenters. The van der Waals surface area contributed by atoms with E-state index >= 15 is 0 Å². The molecule has 0 aliphatic carbocycles. The largest absolute Gasteiger partial charge is 0.508 e. The molecule has 4 rings (SSSR count). The fraction of sp³-hybridized carbons (Fsp3) is 0.300. The van der Waals surface area contributed by atoms with Crippen molar-refractivity contribution in [2.45, 2.75) is 23.5 Å². The Morgan fingerprint density at radius 3 is 2.78 bits per heavy atom. The lowest BCUT2D eigenvalue weighted by Gasteiger charge is -2.49. The zero-order chi connectivity index (χ0) is 26.0. The molecule has 16 heteroatoms. The van der Waals surface area contributed by atoms with Crippen molar-refractivity contribution in [3.8, 4) is 5.75 Å². The molecular formula is C20H19N7O7S2. The summed E-state index contributed by atoms with van der Waals surface area (Å²) in [7, 11) is 1.66. The number of hydrogen-bond donors (Lipinski definition) is 3. The maximum Gasteiger partial charge on any atom is 0.352 e. The summed E-state index contributed by atoms with van der Waals surface area (Å²) >= 11 is 2.54. The minimum atomic E-state index is -1.26. The number of hydrogen-bond acceptors (Lipinski definition) is 12. The number of phenols is 1. The van der Waals surface area contributed by atoms with Gasteiger partial charge in [-0.3, -0.25) is 14.5 Å². The molecule has 2 aromatic rings. The molecule has 188 valence electrons. The van der Waals surface area contributed by atoms with Crippen molar-refractivity contribution in [2.24, 2.45) is 12.2 Å². The molecular weight excluding hydrogens is 514 g/mol. The molecule has 14 nitrogen and oxygen atoms in total. The number of thioether (sulfide) groups is 2. The number of aryl methyl sites for hydroxylation is 1. The summed E-state index contributed by atoms with van der Waals surface area (Å²) in [6.07, 6.45) is 0. The fourth-order valence-corrected chi connectivity index (χ4v) is 5.82. The van der Waals surface area contributed by atoms with Crippen LogP contribution in [0, 0.1) is 0 Å². The Morgan fingerprint density at radius 2 is 2.14 bits per heavy atom. The molecule has 1 unspecified atom stereocenters. The lowest BCUT2D eigenvalue weighted by Crippen LogP contribution is -2.71. The number of nitrogens with zero attached hydrogens (tertiary/aromatic N) is 6. The third-order valence-electron chi connectivity index (χ3n) is 5.09. The van der Waals surface area contributed by atoms with Gasteiger partial charge in [-0.1, -0.05) is 29.1 Å². The lowest BCUT2D eigenvalue weighted by atomic mass is 10.0. The Balaban J connectivity index is 1.52. The molecule has 1 aromatic heterocycles. The number of carbonyl (C=O) groups excluding carboxylic acids is 3. The van der Waals surface area contributed by atoms with Crippen LogP contribution in [0.3, 0.4) is 0 Å². The van der Waals surface area contributed by atoms with Crippen LogP contribution in [-0.4, -0.2) is 87.7 Å². The number of nitrogens with one attached hydrogen (secondary N) is 1. The van der Waals surface area contributed by atoms with Crippen LogP contribution in [-0.2, 0) is 31.1 Å². The van der Waals surface area contributed by atoms with Gasteiger partial charge in [0, 0.05) is 31.0 Å². The Kier molecular flexibility index (Phi) is 7.25. The number of aromatic hydroxyl groups is 1. The van der Waals surface area contributed by atoms with Gasteiger partial charge in [-0.2, -0.15) is 0 Å². The van der Waals surface area contributed by atoms with Gasteiger partial charge in [-0.25, -0.2) is 14.3 Å². The third-order valence-corrected chi connectivity index (χ3v) is 7.53. The molecule has 3 heterocycles. The second-order valence-corrected chi connectivity index (χ2v) is 9.61. The molecule has 2 aliphatic heterocycles. The van der Waals surface area contributed by atoms with E-state index in [0.29, 0.717) is 16.5 Å².